The molecule has 0 amide bonds. The van der Waals surface area contributed by atoms with Gasteiger partial charge in [-0.15, -0.1) is 0 Å². The Balaban J connectivity index is 2.38. The highest BCUT2D eigenvalue weighted by Crippen LogP contribution is 2.04. The minimum absolute atomic E-state index is 0.157. The second-order valence-electron chi connectivity index (χ2n) is 4.73. The first-order chi connectivity index (χ1) is 7.03. The fourth-order valence-corrected chi connectivity index (χ4v) is 1.43. The van der Waals surface area contributed by atoms with E-state index in [9.17, 15) is 0 Å². The van der Waals surface area contributed by atoms with Crippen LogP contribution in [0.1, 0.15) is 25.0 Å². The number of nitrogens with one attached hydrogen (secondary N) is 2. The SMILES string of the molecule is CNC(C)(C)CNCc1cccc(C)c1. The van der Waals surface area contributed by atoms with Crippen LogP contribution in [0.25, 0.3) is 0 Å². The second-order valence-corrected chi connectivity index (χ2v) is 4.73. The molecule has 84 valence electrons. The standard InChI is InChI=1S/C13H22N2/c1-11-6-5-7-12(8-11)9-15-10-13(2,3)14-4/h5-8,14-15H,9-10H2,1-4H3. The average Bonchev–Trinajstić information content (AvgIpc) is 2.18. The predicted octanol–water partition coefficient (Wildman–Crippen LogP) is 2.08. The van der Waals surface area contributed by atoms with E-state index in [4.69, 9.17) is 0 Å². The third-order valence-corrected chi connectivity index (χ3v) is 2.66. The Bertz CT molecular complexity index is 305. The van der Waals surface area contributed by atoms with Gasteiger partial charge in [-0.25, -0.2) is 0 Å². The Morgan fingerprint density at radius 1 is 1.27 bits per heavy atom. The van der Waals surface area contributed by atoms with E-state index in [1.807, 2.05) is 7.05 Å². The van der Waals surface area contributed by atoms with Gasteiger partial charge in [0.05, 0.1) is 0 Å². The molecule has 0 aliphatic carbocycles. The molecule has 15 heavy (non-hydrogen) atoms. The largest absolute Gasteiger partial charge is 0.314 e. The quantitative estimate of drug-likeness (QED) is 0.771. The fourth-order valence-electron chi connectivity index (χ4n) is 1.43. The number of likely N-dealkylation sites (N-methyl/N-ethyl adjacent to an activating group) is 1. The summed E-state index contributed by atoms with van der Waals surface area (Å²) in [6.45, 7) is 8.41. The summed E-state index contributed by atoms with van der Waals surface area (Å²) in [6, 6.07) is 8.61. The van der Waals surface area contributed by atoms with Crippen LogP contribution in [-0.4, -0.2) is 19.1 Å². The van der Waals surface area contributed by atoms with Gasteiger partial charge in [0.15, 0.2) is 0 Å². The highest BCUT2D eigenvalue weighted by atomic mass is 15.0. The first-order valence-electron chi connectivity index (χ1n) is 5.49. The van der Waals surface area contributed by atoms with Crippen molar-refractivity contribution >= 4 is 0 Å². The van der Waals surface area contributed by atoms with Crippen LogP contribution in [-0.2, 0) is 6.54 Å². The number of hydrogen-bond donors (Lipinski definition) is 2. The average molecular weight is 206 g/mol. The molecule has 0 aliphatic rings. The van der Waals surface area contributed by atoms with Gasteiger partial charge in [0, 0.05) is 18.6 Å². The number of aryl methyl sites for hydroxylation is 1. The van der Waals surface area contributed by atoms with Gasteiger partial charge in [0.1, 0.15) is 0 Å². The van der Waals surface area contributed by atoms with E-state index in [1.165, 1.54) is 11.1 Å². The zero-order chi connectivity index (χ0) is 11.3. The van der Waals surface area contributed by atoms with Gasteiger partial charge >= 0.3 is 0 Å². The van der Waals surface area contributed by atoms with Gasteiger partial charge in [-0.1, -0.05) is 29.8 Å². The Kier molecular flexibility index (Phi) is 4.30. The Hall–Kier alpha value is -0.860. The van der Waals surface area contributed by atoms with Crippen molar-refractivity contribution in [1.82, 2.24) is 10.6 Å². The van der Waals surface area contributed by atoms with E-state index < -0.39 is 0 Å². The lowest BCUT2D eigenvalue weighted by molar-refractivity contribution is 0.393. The molecule has 2 heteroatoms. The minimum atomic E-state index is 0.157. The summed E-state index contributed by atoms with van der Waals surface area (Å²) in [6.07, 6.45) is 0. The monoisotopic (exact) mass is 206 g/mol. The Morgan fingerprint density at radius 2 is 2.00 bits per heavy atom. The van der Waals surface area contributed by atoms with E-state index in [0.29, 0.717) is 0 Å². The molecule has 2 N–H and O–H groups in total. The van der Waals surface area contributed by atoms with Crippen molar-refractivity contribution in [1.29, 1.82) is 0 Å². The Morgan fingerprint density at radius 3 is 2.60 bits per heavy atom. The van der Waals surface area contributed by atoms with E-state index in [-0.39, 0.29) is 5.54 Å². The highest BCUT2D eigenvalue weighted by molar-refractivity contribution is 5.21. The first-order valence-corrected chi connectivity index (χ1v) is 5.49. The van der Waals surface area contributed by atoms with E-state index >= 15 is 0 Å². The number of benzene rings is 1. The molecule has 0 aliphatic heterocycles. The van der Waals surface area contributed by atoms with Crippen LogP contribution in [0.15, 0.2) is 24.3 Å². The number of rotatable bonds is 5. The van der Waals surface area contributed by atoms with Gasteiger partial charge in [0.2, 0.25) is 0 Å². The molecule has 0 aromatic heterocycles. The summed E-state index contributed by atoms with van der Waals surface area (Å²) in [5.41, 5.74) is 2.83. The highest BCUT2D eigenvalue weighted by Gasteiger charge is 2.12. The molecule has 0 radical (unpaired) electrons. The zero-order valence-electron chi connectivity index (χ0n) is 10.2. The van der Waals surface area contributed by atoms with Crippen LogP contribution < -0.4 is 10.6 Å². The summed E-state index contributed by atoms with van der Waals surface area (Å²) in [5.74, 6) is 0. The maximum atomic E-state index is 3.46. The van der Waals surface area contributed by atoms with Crippen LogP contribution in [0.4, 0.5) is 0 Å². The van der Waals surface area contributed by atoms with Gasteiger partial charge in [0.25, 0.3) is 0 Å². The molecule has 1 aromatic rings. The summed E-state index contributed by atoms with van der Waals surface area (Å²) in [7, 11) is 1.99. The lowest BCUT2D eigenvalue weighted by atomic mass is 10.1. The summed E-state index contributed by atoms with van der Waals surface area (Å²) in [5, 5.41) is 6.73. The minimum Gasteiger partial charge on any atom is -0.314 e. The lowest BCUT2D eigenvalue weighted by Crippen LogP contribution is -2.45. The molecule has 2 nitrogen and oxygen atoms in total. The molecule has 0 saturated heterocycles. The van der Waals surface area contributed by atoms with E-state index in [1.54, 1.807) is 0 Å². The third-order valence-electron chi connectivity index (χ3n) is 2.66. The fraction of sp³-hybridized carbons (Fsp3) is 0.538. The topological polar surface area (TPSA) is 24.1 Å². The van der Waals surface area contributed by atoms with Crippen molar-refractivity contribution in [2.24, 2.45) is 0 Å². The van der Waals surface area contributed by atoms with Crippen molar-refractivity contribution in [3.63, 3.8) is 0 Å². The molecule has 1 aromatic carbocycles. The zero-order valence-corrected chi connectivity index (χ0v) is 10.2. The van der Waals surface area contributed by atoms with Gasteiger partial charge in [-0.05, 0) is 33.4 Å². The van der Waals surface area contributed by atoms with Crippen LogP contribution >= 0.6 is 0 Å². The van der Waals surface area contributed by atoms with Gasteiger partial charge in [-0.3, -0.25) is 0 Å². The van der Waals surface area contributed by atoms with Gasteiger partial charge in [-0.2, -0.15) is 0 Å². The lowest BCUT2D eigenvalue weighted by Gasteiger charge is -2.24. The predicted molar refractivity (Wildman–Crippen MR) is 66.0 cm³/mol. The normalized spacial score (nSPS) is 11.7. The smallest absolute Gasteiger partial charge is 0.0246 e. The van der Waals surface area contributed by atoms with Crippen molar-refractivity contribution in [3.8, 4) is 0 Å². The van der Waals surface area contributed by atoms with Crippen molar-refractivity contribution < 1.29 is 0 Å². The van der Waals surface area contributed by atoms with E-state index in [0.717, 1.165) is 13.1 Å². The Labute approximate surface area is 93.1 Å². The molecule has 0 fully saturated rings. The summed E-state index contributed by atoms with van der Waals surface area (Å²) < 4.78 is 0. The second kappa shape index (κ2) is 5.29. The molecular formula is C13H22N2. The molecule has 0 bridgehead atoms. The molecule has 0 spiro atoms. The van der Waals surface area contributed by atoms with Crippen LogP contribution in [0, 0.1) is 6.92 Å². The van der Waals surface area contributed by atoms with Crippen LogP contribution in [0.5, 0.6) is 0 Å². The summed E-state index contributed by atoms with van der Waals surface area (Å²) >= 11 is 0. The molecule has 0 heterocycles. The van der Waals surface area contributed by atoms with E-state index in [2.05, 4.69) is 55.7 Å². The number of hydrogen-bond acceptors (Lipinski definition) is 2. The third kappa shape index (κ3) is 4.45. The molecule has 1 rings (SSSR count). The van der Waals surface area contributed by atoms with Crippen molar-refractivity contribution in [3.05, 3.63) is 35.4 Å². The molecular weight excluding hydrogens is 184 g/mol. The maximum Gasteiger partial charge on any atom is 0.0246 e. The van der Waals surface area contributed by atoms with Crippen molar-refractivity contribution in [2.45, 2.75) is 32.9 Å². The van der Waals surface area contributed by atoms with Crippen molar-refractivity contribution in [2.75, 3.05) is 13.6 Å². The maximum absolute atomic E-state index is 3.46. The van der Waals surface area contributed by atoms with Gasteiger partial charge < -0.3 is 10.6 Å². The summed E-state index contributed by atoms with van der Waals surface area (Å²) in [4.78, 5) is 0. The van der Waals surface area contributed by atoms with Crippen LogP contribution in [0.2, 0.25) is 0 Å². The molecule has 0 unspecified atom stereocenters. The first kappa shape index (κ1) is 12.2. The molecule has 0 atom stereocenters. The van der Waals surface area contributed by atoms with Crippen LogP contribution in [0.3, 0.4) is 0 Å². The molecule has 0 saturated carbocycles.